The number of halogens is 1. The number of nitrogens with zero attached hydrogens (tertiary/aromatic N) is 2. The van der Waals surface area contributed by atoms with Gasteiger partial charge >= 0.3 is 0 Å². The Morgan fingerprint density at radius 2 is 1.71 bits per heavy atom. The van der Waals surface area contributed by atoms with Crippen LogP contribution in [0, 0.1) is 5.92 Å². The van der Waals surface area contributed by atoms with Gasteiger partial charge in [0.15, 0.2) is 0 Å². The van der Waals surface area contributed by atoms with Gasteiger partial charge in [-0.2, -0.15) is 4.31 Å². The lowest BCUT2D eigenvalue weighted by atomic mass is 9.99. The van der Waals surface area contributed by atoms with E-state index < -0.39 is 38.1 Å². The standard InChI is InChI=1S/C28H32ClN3O7S2/c1-19-16-32(20(2)18-33)28(34)25-15-22(30-40(35,36)23-12-9-21(29)10-13-23)11-14-26(25)39-27(19)17-31(3)41(37,38)24-7-5-4-6-8-24/h4-15,19-20,27,30,33H,16-18H2,1-3H3/t19-,20+,27+/m0/s1. The molecular weight excluding hydrogens is 590 g/mol. The van der Waals surface area contributed by atoms with Gasteiger partial charge < -0.3 is 14.7 Å². The van der Waals surface area contributed by atoms with Crippen LogP contribution in [-0.2, 0) is 20.0 Å². The largest absolute Gasteiger partial charge is 0.488 e. The molecule has 0 bridgehead atoms. The van der Waals surface area contributed by atoms with E-state index in [9.17, 15) is 26.7 Å². The first-order valence-electron chi connectivity index (χ1n) is 12.9. The fraction of sp³-hybridized carbons (Fsp3) is 0.321. The number of ether oxygens (including phenoxy) is 1. The number of hydrogen-bond acceptors (Lipinski definition) is 7. The summed E-state index contributed by atoms with van der Waals surface area (Å²) < 4.78 is 62.2. The van der Waals surface area contributed by atoms with Crippen LogP contribution in [0.3, 0.4) is 0 Å². The minimum atomic E-state index is -3.99. The zero-order chi connectivity index (χ0) is 29.9. The van der Waals surface area contributed by atoms with Crippen LogP contribution in [0.4, 0.5) is 5.69 Å². The number of rotatable bonds is 9. The molecule has 3 aromatic rings. The molecule has 1 amide bonds. The summed E-state index contributed by atoms with van der Waals surface area (Å²) in [5, 5.41) is 10.3. The summed E-state index contributed by atoms with van der Waals surface area (Å²) in [5.41, 5.74) is 0.202. The third-order valence-electron chi connectivity index (χ3n) is 6.93. The lowest BCUT2D eigenvalue weighted by Gasteiger charge is -2.38. The molecule has 220 valence electrons. The highest BCUT2D eigenvalue weighted by atomic mass is 35.5. The van der Waals surface area contributed by atoms with Gasteiger partial charge in [0.25, 0.3) is 15.9 Å². The molecule has 1 heterocycles. The molecule has 1 aliphatic heterocycles. The first-order chi connectivity index (χ1) is 19.3. The maximum absolute atomic E-state index is 13.7. The third-order valence-corrected chi connectivity index (χ3v) is 10.4. The number of fused-ring (bicyclic) bond motifs is 1. The van der Waals surface area contributed by atoms with Gasteiger partial charge in [0.05, 0.1) is 34.5 Å². The monoisotopic (exact) mass is 621 g/mol. The van der Waals surface area contributed by atoms with Crippen molar-refractivity contribution >= 4 is 43.2 Å². The van der Waals surface area contributed by atoms with E-state index in [1.165, 1.54) is 70.9 Å². The van der Waals surface area contributed by atoms with E-state index in [4.69, 9.17) is 16.3 Å². The molecule has 0 unspecified atom stereocenters. The number of hydrogen-bond donors (Lipinski definition) is 2. The van der Waals surface area contributed by atoms with E-state index in [-0.39, 0.29) is 52.4 Å². The van der Waals surface area contributed by atoms with Crippen LogP contribution >= 0.6 is 11.6 Å². The summed E-state index contributed by atoms with van der Waals surface area (Å²) in [5.74, 6) is -0.608. The van der Waals surface area contributed by atoms with Crippen molar-refractivity contribution in [2.45, 2.75) is 35.8 Å². The third kappa shape index (κ3) is 6.84. The second-order valence-corrected chi connectivity index (χ2v) is 14.2. The second kappa shape index (κ2) is 12.4. The normalized spacial score (nSPS) is 18.7. The molecule has 3 atom stereocenters. The number of aliphatic hydroxyl groups is 1. The Morgan fingerprint density at radius 1 is 1.05 bits per heavy atom. The number of likely N-dealkylation sites (N-methyl/N-ethyl adjacent to an activating group) is 1. The first-order valence-corrected chi connectivity index (χ1v) is 16.2. The molecule has 10 nitrogen and oxygen atoms in total. The average Bonchev–Trinajstić information content (AvgIpc) is 2.95. The number of aliphatic hydroxyl groups excluding tert-OH is 1. The van der Waals surface area contributed by atoms with Crippen LogP contribution in [0.15, 0.2) is 82.6 Å². The zero-order valence-electron chi connectivity index (χ0n) is 22.8. The molecule has 41 heavy (non-hydrogen) atoms. The summed E-state index contributed by atoms with van der Waals surface area (Å²) in [6, 6.07) is 17.4. The summed E-state index contributed by atoms with van der Waals surface area (Å²) in [6.45, 7) is 3.39. The fourth-order valence-electron chi connectivity index (χ4n) is 4.46. The number of amides is 1. The van der Waals surface area contributed by atoms with Crippen LogP contribution in [-0.4, -0.2) is 75.9 Å². The molecule has 0 aromatic heterocycles. The lowest BCUT2D eigenvalue weighted by molar-refractivity contribution is 0.0387. The smallest absolute Gasteiger partial charge is 0.261 e. The molecule has 0 spiro atoms. The highest BCUT2D eigenvalue weighted by Crippen LogP contribution is 2.32. The van der Waals surface area contributed by atoms with Crippen molar-refractivity contribution in [3.05, 3.63) is 83.4 Å². The van der Waals surface area contributed by atoms with Gasteiger partial charge in [-0.1, -0.05) is 36.7 Å². The van der Waals surface area contributed by atoms with Crippen LogP contribution in [0.2, 0.25) is 5.02 Å². The van der Waals surface area contributed by atoms with Gasteiger partial charge in [-0.05, 0) is 61.5 Å². The molecule has 13 heteroatoms. The van der Waals surface area contributed by atoms with Gasteiger partial charge in [-0.15, -0.1) is 0 Å². The van der Waals surface area contributed by atoms with Crippen LogP contribution in [0.1, 0.15) is 24.2 Å². The van der Waals surface area contributed by atoms with Gasteiger partial charge in [0, 0.05) is 30.2 Å². The Balaban J connectivity index is 1.68. The molecule has 0 radical (unpaired) electrons. The molecule has 0 saturated carbocycles. The second-order valence-electron chi connectivity index (χ2n) is 9.99. The van der Waals surface area contributed by atoms with Crippen molar-refractivity contribution in [3.63, 3.8) is 0 Å². The van der Waals surface area contributed by atoms with Gasteiger partial charge in [-0.3, -0.25) is 9.52 Å². The van der Waals surface area contributed by atoms with Gasteiger partial charge in [0.2, 0.25) is 10.0 Å². The summed E-state index contributed by atoms with van der Waals surface area (Å²) >= 11 is 5.88. The maximum Gasteiger partial charge on any atom is 0.261 e. The number of benzene rings is 3. The number of carbonyl (C=O) groups is 1. The number of anilines is 1. The predicted octanol–water partition coefficient (Wildman–Crippen LogP) is 3.68. The number of carbonyl (C=O) groups excluding carboxylic acids is 1. The Morgan fingerprint density at radius 3 is 2.34 bits per heavy atom. The first kappa shape index (κ1) is 30.8. The van der Waals surface area contributed by atoms with E-state index in [1.807, 2.05) is 6.92 Å². The topological polar surface area (TPSA) is 133 Å². The minimum absolute atomic E-state index is 0.0108. The van der Waals surface area contributed by atoms with Crippen molar-refractivity contribution in [1.82, 2.24) is 9.21 Å². The highest BCUT2D eigenvalue weighted by molar-refractivity contribution is 7.92. The number of nitrogens with one attached hydrogen (secondary N) is 1. The molecule has 3 aromatic carbocycles. The molecule has 0 aliphatic carbocycles. The SMILES string of the molecule is C[C@H](CO)N1C[C@H](C)[C@@H](CN(C)S(=O)(=O)c2ccccc2)Oc2ccc(NS(=O)(=O)c3ccc(Cl)cc3)cc2C1=O. The zero-order valence-corrected chi connectivity index (χ0v) is 25.2. The van der Waals surface area contributed by atoms with Crippen molar-refractivity contribution in [3.8, 4) is 5.75 Å². The Kier molecular flexibility index (Phi) is 9.29. The highest BCUT2D eigenvalue weighted by Gasteiger charge is 2.35. The molecule has 2 N–H and O–H groups in total. The van der Waals surface area contributed by atoms with Crippen molar-refractivity contribution in [2.24, 2.45) is 5.92 Å². The quantitative estimate of drug-likeness (QED) is 0.372. The molecule has 4 rings (SSSR count). The van der Waals surface area contributed by atoms with Gasteiger partial charge in [-0.25, -0.2) is 16.8 Å². The van der Waals surface area contributed by atoms with Crippen LogP contribution in [0.5, 0.6) is 5.75 Å². The van der Waals surface area contributed by atoms with E-state index in [2.05, 4.69) is 4.72 Å². The molecule has 0 fully saturated rings. The van der Waals surface area contributed by atoms with Crippen LogP contribution in [0.25, 0.3) is 0 Å². The average molecular weight is 622 g/mol. The number of sulfonamides is 2. The fourth-order valence-corrected chi connectivity index (χ4v) is 6.84. The van der Waals surface area contributed by atoms with E-state index in [1.54, 1.807) is 25.1 Å². The van der Waals surface area contributed by atoms with E-state index in [0.717, 1.165) is 0 Å². The lowest BCUT2D eigenvalue weighted by Crippen LogP contribution is -2.50. The van der Waals surface area contributed by atoms with E-state index in [0.29, 0.717) is 5.02 Å². The summed E-state index contributed by atoms with van der Waals surface area (Å²) in [7, 11) is -6.34. The summed E-state index contributed by atoms with van der Waals surface area (Å²) in [6.07, 6.45) is -0.671. The minimum Gasteiger partial charge on any atom is -0.488 e. The van der Waals surface area contributed by atoms with Crippen molar-refractivity contribution in [1.29, 1.82) is 0 Å². The van der Waals surface area contributed by atoms with Crippen LogP contribution < -0.4 is 9.46 Å². The molecular formula is C28H32ClN3O7S2. The van der Waals surface area contributed by atoms with Crippen molar-refractivity contribution in [2.75, 3.05) is 31.5 Å². The molecule has 0 saturated heterocycles. The Hall–Kier alpha value is -3.16. The molecule has 1 aliphatic rings. The predicted molar refractivity (Wildman–Crippen MR) is 156 cm³/mol. The Labute approximate surface area is 245 Å². The van der Waals surface area contributed by atoms with Gasteiger partial charge in [0.1, 0.15) is 11.9 Å². The Bertz CT molecular complexity index is 1600. The van der Waals surface area contributed by atoms with E-state index >= 15 is 0 Å². The summed E-state index contributed by atoms with van der Waals surface area (Å²) in [4.78, 5) is 15.3. The maximum atomic E-state index is 13.7. The van der Waals surface area contributed by atoms with Crippen molar-refractivity contribution < 1.29 is 31.5 Å².